The SMILES string of the molecule is OCNC(NCO)NCO.OCNC(NCO)NCO. The van der Waals surface area contributed by atoms with Crippen LogP contribution in [0.4, 0.5) is 0 Å². The van der Waals surface area contributed by atoms with Crippen LogP contribution in [0.1, 0.15) is 0 Å². The number of nitrogens with one attached hydrogen (secondary N) is 6. The predicted molar refractivity (Wildman–Crippen MR) is 68.9 cm³/mol. The van der Waals surface area contributed by atoms with Crippen LogP contribution in [-0.4, -0.2) is 83.6 Å². The van der Waals surface area contributed by atoms with E-state index in [-0.39, 0.29) is 40.4 Å². The van der Waals surface area contributed by atoms with Gasteiger partial charge < -0.3 is 30.6 Å². The van der Waals surface area contributed by atoms with Crippen LogP contribution in [0.5, 0.6) is 0 Å². The molecule has 0 atom stereocenters. The van der Waals surface area contributed by atoms with Crippen LogP contribution in [0.15, 0.2) is 0 Å². The third-order valence-corrected chi connectivity index (χ3v) is 1.77. The second-order valence-corrected chi connectivity index (χ2v) is 3.04. The smallest absolute Gasteiger partial charge is 0.117 e. The van der Waals surface area contributed by atoms with Gasteiger partial charge in [-0.25, -0.2) is 0 Å². The first-order valence-corrected chi connectivity index (χ1v) is 5.75. The molecule has 0 heterocycles. The zero-order valence-electron chi connectivity index (χ0n) is 11.1. The Morgan fingerprint density at radius 1 is 0.400 bits per heavy atom. The Labute approximate surface area is 116 Å². The highest BCUT2D eigenvalue weighted by Crippen LogP contribution is 1.67. The third-order valence-electron chi connectivity index (χ3n) is 1.77. The molecule has 0 aliphatic heterocycles. The summed E-state index contributed by atoms with van der Waals surface area (Å²) in [5.74, 6) is 0. The maximum atomic E-state index is 8.34. The van der Waals surface area contributed by atoms with Gasteiger partial charge in [-0.2, -0.15) is 0 Å². The van der Waals surface area contributed by atoms with Crippen LogP contribution in [0.25, 0.3) is 0 Å². The van der Waals surface area contributed by atoms with E-state index in [2.05, 4.69) is 31.9 Å². The normalized spacial score (nSPS) is 10.8. The van der Waals surface area contributed by atoms with Gasteiger partial charge in [0.15, 0.2) is 0 Å². The average Bonchev–Trinajstić information content (AvgIpc) is 2.41. The van der Waals surface area contributed by atoms with Crippen LogP contribution < -0.4 is 31.9 Å². The summed E-state index contributed by atoms with van der Waals surface area (Å²) in [6.07, 6.45) is -0.944. The van der Waals surface area contributed by atoms with E-state index in [4.69, 9.17) is 30.6 Å². The maximum Gasteiger partial charge on any atom is 0.117 e. The van der Waals surface area contributed by atoms with Crippen molar-refractivity contribution in [2.45, 2.75) is 12.6 Å². The molecule has 0 amide bonds. The van der Waals surface area contributed by atoms with E-state index >= 15 is 0 Å². The van der Waals surface area contributed by atoms with Gasteiger partial charge in [-0.15, -0.1) is 0 Å². The monoisotopic (exact) mass is 302 g/mol. The molecule has 0 spiro atoms. The second-order valence-electron chi connectivity index (χ2n) is 3.04. The molecule has 0 bridgehead atoms. The zero-order chi connectivity index (χ0) is 15.6. The summed E-state index contributed by atoms with van der Waals surface area (Å²) in [5, 5.41) is 65.0. The Bertz CT molecular complexity index is 135. The minimum Gasteiger partial charge on any atom is -0.381 e. The fraction of sp³-hybridized carbons (Fsp3) is 1.00. The molecule has 12 heteroatoms. The van der Waals surface area contributed by atoms with Gasteiger partial charge in [0.2, 0.25) is 0 Å². The lowest BCUT2D eigenvalue weighted by Gasteiger charge is -2.17. The van der Waals surface area contributed by atoms with Crippen LogP contribution in [0, 0.1) is 0 Å². The summed E-state index contributed by atoms with van der Waals surface area (Å²) in [5.41, 5.74) is 0. The van der Waals surface area contributed by atoms with Crippen molar-refractivity contribution in [1.29, 1.82) is 0 Å². The molecular weight excluding hydrogens is 276 g/mol. The van der Waals surface area contributed by atoms with E-state index in [1.165, 1.54) is 0 Å². The van der Waals surface area contributed by atoms with Gasteiger partial charge in [0.25, 0.3) is 0 Å². The van der Waals surface area contributed by atoms with Crippen LogP contribution in [0.2, 0.25) is 0 Å². The molecule has 0 unspecified atom stereocenters. The summed E-state index contributed by atoms with van der Waals surface area (Å²) < 4.78 is 0. The van der Waals surface area contributed by atoms with Crippen molar-refractivity contribution in [2.75, 3.05) is 40.4 Å². The van der Waals surface area contributed by atoms with Crippen LogP contribution in [-0.2, 0) is 0 Å². The van der Waals surface area contributed by atoms with E-state index < -0.39 is 12.6 Å². The van der Waals surface area contributed by atoms with Crippen molar-refractivity contribution in [1.82, 2.24) is 31.9 Å². The number of rotatable bonds is 12. The molecule has 0 rings (SSSR count). The first kappa shape index (κ1) is 21.8. The fourth-order valence-electron chi connectivity index (χ4n) is 0.981. The molecule has 124 valence electrons. The molecule has 0 aromatic carbocycles. The minimum absolute atomic E-state index is 0.231. The Morgan fingerprint density at radius 3 is 0.650 bits per heavy atom. The van der Waals surface area contributed by atoms with Gasteiger partial charge in [0, 0.05) is 0 Å². The predicted octanol–water partition coefficient (Wildman–Crippen LogP) is -6.22. The van der Waals surface area contributed by atoms with Gasteiger partial charge in [0.05, 0.1) is 40.4 Å². The molecule has 12 N–H and O–H groups in total. The van der Waals surface area contributed by atoms with E-state index in [0.717, 1.165) is 0 Å². The van der Waals surface area contributed by atoms with Crippen molar-refractivity contribution in [3.05, 3.63) is 0 Å². The molecular formula is C8H26N6O6. The van der Waals surface area contributed by atoms with Crippen LogP contribution >= 0.6 is 0 Å². The quantitative estimate of drug-likeness (QED) is 0.153. The first-order valence-electron chi connectivity index (χ1n) is 5.75. The highest BCUT2D eigenvalue weighted by molar-refractivity contribution is 4.53. The molecule has 0 aromatic rings. The summed E-state index contributed by atoms with van der Waals surface area (Å²) >= 11 is 0. The highest BCUT2D eigenvalue weighted by atomic mass is 16.3. The molecule has 20 heavy (non-hydrogen) atoms. The Kier molecular flexibility index (Phi) is 20.2. The van der Waals surface area contributed by atoms with Gasteiger partial charge in [-0.3, -0.25) is 31.9 Å². The van der Waals surface area contributed by atoms with Gasteiger partial charge >= 0.3 is 0 Å². The van der Waals surface area contributed by atoms with E-state index in [0.29, 0.717) is 0 Å². The van der Waals surface area contributed by atoms with Gasteiger partial charge in [-0.1, -0.05) is 0 Å². The lowest BCUT2D eigenvalue weighted by atomic mass is 10.7. The van der Waals surface area contributed by atoms with E-state index in [9.17, 15) is 0 Å². The molecule has 0 aromatic heterocycles. The summed E-state index contributed by atoms with van der Waals surface area (Å²) in [7, 11) is 0. The third kappa shape index (κ3) is 15.6. The van der Waals surface area contributed by atoms with Crippen molar-refractivity contribution >= 4 is 0 Å². The average molecular weight is 302 g/mol. The van der Waals surface area contributed by atoms with Crippen molar-refractivity contribution in [3.8, 4) is 0 Å². The summed E-state index contributed by atoms with van der Waals surface area (Å²) in [6, 6.07) is 0. The van der Waals surface area contributed by atoms with Crippen LogP contribution in [0.3, 0.4) is 0 Å². The molecule has 0 saturated heterocycles. The summed E-state index contributed by atoms with van der Waals surface area (Å²) in [6.45, 7) is -1.39. The topological polar surface area (TPSA) is 194 Å². The fourth-order valence-corrected chi connectivity index (χ4v) is 0.981. The lowest BCUT2D eigenvalue weighted by Crippen LogP contribution is -2.53. The molecule has 0 fully saturated rings. The van der Waals surface area contributed by atoms with Crippen molar-refractivity contribution < 1.29 is 30.6 Å². The number of aliphatic hydroxyl groups is 6. The number of hydrogen-bond donors (Lipinski definition) is 12. The second kappa shape index (κ2) is 18.5. The number of hydrogen-bond acceptors (Lipinski definition) is 12. The van der Waals surface area contributed by atoms with Gasteiger partial charge in [-0.05, 0) is 0 Å². The largest absolute Gasteiger partial charge is 0.381 e. The molecule has 12 nitrogen and oxygen atoms in total. The molecule has 0 aliphatic rings. The molecule has 0 saturated carbocycles. The van der Waals surface area contributed by atoms with E-state index in [1.807, 2.05) is 0 Å². The zero-order valence-corrected chi connectivity index (χ0v) is 11.1. The Hall–Kier alpha value is -0.480. The molecule has 0 aliphatic carbocycles. The Balaban J connectivity index is 0. The highest BCUT2D eigenvalue weighted by Gasteiger charge is 2.01. The van der Waals surface area contributed by atoms with E-state index in [1.54, 1.807) is 0 Å². The Morgan fingerprint density at radius 2 is 0.550 bits per heavy atom. The number of aliphatic hydroxyl groups excluding tert-OH is 6. The lowest BCUT2D eigenvalue weighted by molar-refractivity contribution is 0.142. The van der Waals surface area contributed by atoms with Gasteiger partial charge in [0.1, 0.15) is 12.6 Å². The summed E-state index contributed by atoms with van der Waals surface area (Å²) in [4.78, 5) is 0. The first-order chi connectivity index (χ1) is 9.69. The molecule has 0 radical (unpaired) electrons. The van der Waals surface area contributed by atoms with Crippen molar-refractivity contribution in [2.24, 2.45) is 0 Å². The minimum atomic E-state index is -0.472. The maximum absolute atomic E-state index is 8.34. The standard InChI is InChI=1S/2C4H13N3O3/c2*8-1-5-4(6-2-9)7-3-10/h2*4-10H,1-3H2. The van der Waals surface area contributed by atoms with Crippen molar-refractivity contribution in [3.63, 3.8) is 0 Å².